The van der Waals surface area contributed by atoms with E-state index in [0.717, 1.165) is 0 Å². The van der Waals surface area contributed by atoms with Gasteiger partial charge in [0.2, 0.25) is 0 Å². The Labute approximate surface area is 92.9 Å². The molecule has 6 heteroatoms. The monoisotopic (exact) mass is 225 g/mol. The minimum absolute atomic E-state index is 0.123. The van der Waals surface area contributed by atoms with E-state index in [1.807, 2.05) is 20.8 Å². The van der Waals surface area contributed by atoms with Gasteiger partial charge in [-0.1, -0.05) is 0 Å². The van der Waals surface area contributed by atoms with Gasteiger partial charge < -0.3 is 15.0 Å². The van der Waals surface area contributed by atoms with E-state index in [4.69, 9.17) is 5.11 Å². The first-order valence-electron chi connectivity index (χ1n) is 4.85. The molecule has 0 aliphatic carbocycles. The predicted molar refractivity (Wildman–Crippen MR) is 59.6 cm³/mol. The molecular formula is C10H15N3O3. The van der Waals surface area contributed by atoms with Gasteiger partial charge in [0.05, 0.1) is 0 Å². The molecule has 88 valence electrons. The van der Waals surface area contributed by atoms with Gasteiger partial charge in [-0.05, 0) is 20.8 Å². The number of rotatable bonds is 3. The van der Waals surface area contributed by atoms with E-state index < -0.39 is 17.1 Å². The topological polar surface area (TPSA) is 86.3 Å². The number of hydrogen-bond acceptors (Lipinski definition) is 4. The number of anilines is 1. The number of aliphatic carboxylic acids is 1. The molecule has 2 N–H and O–H groups in total. The Balaban J connectivity index is 3.17. The number of aromatic amines is 1. The van der Waals surface area contributed by atoms with Gasteiger partial charge in [0.1, 0.15) is 6.54 Å². The lowest BCUT2D eigenvalue weighted by atomic mass is 10.1. The zero-order valence-electron chi connectivity index (χ0n) is 9.52. The molecule has 1 aromatic heterocycles. The minimum atomic E-state index is -1.00. The number of carbonyl (C=O) groups is 1. The Bertz CT molecular complexity index is 433. The minimum Gasteiger partial charge on any atom is -0.480 e. The molecule has 1 heterocycles. The fraction of sp³-hybridized carbons (Fsp3) is 0.500. The van der Waals surface area contributed by atoms with Gasteiger partial charge in [-0.15, -0.1) is 0 Å². The Hall–Kier alpha value is -1.85. The molecule has 0 unspecified atom stereocenters. The molecule has 0 atom stereocenters. The van der Waals surface area contributed by atoms with Gasteiger partial charge >= 0.3 is 5.97 Å². The summed E-state index contributed by atoms with van der Waals surface area (Å²) in [5.41, 5.74) is -0.876. The van der Waals surface area contributed by atoms with Gasteiger partial charge in [-0.25, -0.2) is 4.98 Å². The molecule has 0 aromatic carbocycles. The van der Waals surface area contributed by atoms with E-state index in [1.54, 1.807) is 0 Å². The van der Waals surface area contributed by atoms with Crippen LogP contribution >= 0.6 is 0 Å². The van der Waals surface area contributed by atoms with Crippen molar-refractivity contribution in [1.82, 2.24) is 9.97 Å². The summed E-state index contributed by atoms with van der Waals surface area (Å²) >= 11 is 0. The van der Waals surface area contributed by atoms with Crippen LogP contribution in [0.1, 0.15) is 20.8 Å². The number of carboxylic acid groups (broad SMARTS) is 1. The van der Waals surface area contributed by atoms with Gasteiger partial charge in [-0.3, -0.25) is 9.59 Å². The summed E-state index contributed by atoms with van der Waals surface area (Å²) in [6, 6.07) is 0. The van der Waals surface area contributed by atoms with Crippen LogP contribution < -0.4 is 10.5 Å². The molecular weight excluding hydrogens is 210 g/mol. The maximum atomic E-state index is 11.5. The van der Waals surface area contributed by atoms with Crippen LogP contribution in [0.2, 0.25) is 0 Å². The second-order valence-corrected chi connectivity index (χ2v) is 4.39. The summed E-state index contributed by atoms with van der Waals surface area (Å²) in [7, 11) is 0. The maximum Gasteiger partial charge on any atom is 0.323 e. The van der Waals surface area contributed by atoms with Gasteiger partial charge in [0.25, 0.3) is 5.56 Å². The predicted octanol–water partition coefficient (Wildman–Crippen LogP) is 0.459. The van der Waals surface area contributed by atoms with Gasteiger partial charge in [0.15, 0.2) is 5.82 Å². The summed E-state index contributed by atoms with van der Waals surface area (Å²) in [6.07, 6.45) is 2.84. The van der Waals surface area contributed by atoms with E-state index in [-0.39, 0.29) is 12.4 Å². The lowest BCUT2D eigenvalue weighted by Gasteiger charge is -2.34. The van der Waals surface area contributed by atoms with Crippen molar-refractivity contribution in [3.05, 3.63) is 22.7 Å². The van der Waals surface area contributed by atoms with Crippen LogP contribution in [0, 0.1) is 0 Å². The highest BCUT2D eigenvalue weighted by atomic mass is 16.4. The smallest absolute Gasteiger partial charge is 0.323 e. The molecule has 0 saturated heterocycles. The van der Waals surface area contributed by atoms with Crippen LogP contribution in [0.4, 0.5) is 5.82 Å². The van der Waals surface area contributed by atoms with Crippen molar-refractivity contribution in [1.29, 1.82) is 0 Å². The Morgan fingerprint density at radius 1 is 1.56 bits per heavy atom. The normalized spacial score (nSPS) is 11.2. The summed E-state index contributed by atoms with van der Waals surface area (Å²) < 4.78 is 0. The molecule has 1 aromatic rings. The van der Waals surface area contributed by atoms with Crippen molar-refractivity contribution >= 4 is 11.8 Å². The van der Waals surface area contributed by atoms with Crippen molar-refractivity contribution in [2.45, 2.75) is 26.3 Å². The molecule has 0 bridgehead atoms. The van der Waals surface area contributed by atoms with E-state index in [1.165, 1.54) is 17.3 Å². The fourth-order valence-electron chi connectivity index (χ4n) is 1.30. The van der Waals surface area contributed by atoms with Gasteiger partial charge in [-0.2, -0.15) is 0 Å². The number of nitrogens with one attached hydrogen (secondary N) is 1. The van der Waals surface area contributed by atoms with E-state index in [0.29, 0.717) is 0 Å². The zero-order chi connectivity index (χ0) is 12.3. The molecule has 1 rings (SSSR count). The first-order valence-corrected chi connectivity index (χ1v) is 4.85. The molecule has 0 aliphatic heterocycles. The molecule has 0 saturated carbocycles. The summed E-state index contributed by atoms with van der Waals surface area (Å²) in [5.74, 6) is -0.877. The third kappa shape index (κ3) is 2.82. The molecule has 0 spiro atoms. The SMILES string of the molecule is CC(C)(C)N(CC(=O)O)c1ncc[nH]c1=O. The molecule has 0 fully saturated rings. The lowest BCUT2D eigenvalue weighted by Crippen LogP contribution is -2.47. The highest BCUT2D eigenvalue weighted by molar-refractivity contribution is 5.73. The summed E-state index contributed by atoms with van der Waals surface area (Å²) in [4.78, 5) is 30.1. The highest BCUT2D eigenvalue weighted by Crippen LogP contribution is 2.17. The Morgan fingerprint density at radius 3 is 2.62 bits per heavy atom. The quantitative estimate of drug-likeness (QED) is 0.780. The second kappa shape index (κ2) is 4.34. The second-order valence-electron chi connectivity index (χ2n) is 4.39. The molecule has 0 radical (unpaired) electrons. The third-order valence-electron chi connectivity index (χ3n) is 2.05. The van der Waals surface area contributed by atoms with Crippen molar-refractivity contribution < 1.29 is 9.90 Å². The third-order valence-corrected chi connectivity index (χ3v) is 2.05. The van der Waals surface area contributed by atoms with Crippen molar-refractivity contribution in [2.24, 2.45) is 0 Å². The molecule has 6 nitrogen and oxygen atoms in total. The number of aromatic nitrogens is 2. The zero-order valence-corrected chi connectivity index (χ0v) is 9.52. The maximum absolute atomic E-state index is 11.5. The highest BCUT2D eigenvalue weighted by Gasteiger charge is 2.26. The van der Waals surface area contributed by atoms with E-state index in [2.05, 4.69) is 9.97 Å². The van der Waals surface area contributed by atoms with Crippen molar-refractivity contribution in [3.63, 3.8) is 0 Å². The van der Waals surface area contributed by atoms with Crippen LogP contribution in [0.5, 0.6) is 0 Å². The van der Waals surface area contributed by atoms with E-state index >= 15 is 0 Å². The molecule has 0 aliphatic rings. The number of carboxylic acids is 1. The Morgan fingerprint density at radius 2 is 2.19 bits per heavy atom. The summed E-state index contributed by atoms with van der Waals surface area (Å²) in [5, 5.41) is 8.82. The van der Waals surface area contributed by atoms with E-state index in [9.17, 15) is 9.59 Å². The average Bonchev–Trinajstić information content (AvgIpc) is 2.13. The summed E-state index contributed by atoms with van der Waals surface area (Å²) in [6.45, 7) is 5.21. The lowest BCUT2D eigenvalue weighted by molar-refractivity contribution is -0.135. The Kier molecular flexibility index (Phi) is 3.31. The van der Waals surface area contributed by atoms with Crippen LogP contribution in [0.25, 0.3) is 0 Å². The first-order chi connectivity index (χ1) is 7.32. The van der Waals surface area contributed by atoms with Crippen LogP contribution in [0.15, 0.2) is 17.2 Å². The average molecular weight is 225 g/mol. The molecule has 16 heavy (non-hydrogen) atoms. The number of hydrogen-bond donors (Lipinski definition) is 2. The number of H-pyrrole nitrogens is 1. The molecule has 0 amide bonds. The standard InChI is InChI=1S/C10H15N3O3/c1-10(2,3)13(6-7(14)15)8-9(16)12-5-4-11-8/h4-5H,6H2,1-3H3,(H,12,16)(H,14,15). The van der Waals surface area contributed by atoms with Crippen LogP contribution in [-0.4, -0.2) is 33.1 Å². The van der Waals surface area contributed by atoms with Crippen LogP contribution in [0.3, 0.4) is 0 Å². The van der Waals surface area contributed by atoms with Crippen molar-refractivity contribution in [2.75, 3.05) is 11.4 Å². The van der Waals surface area contributed by atoms with Crippen LogP contribution in [-0.2, 0) is 4.79 Å². The van der Waals surface area contributed by atoms with Crippen molar-refractivity contribution in [3.8, 4) is 0 Å². The number of nitrogens with zero attached hydrogens (tertiary/aromatic N) is 2. The fourth-order valence-corrected chi connectivity index (χ4v) is 1.30. The van der Waals surface area contributed by atoms with Gasteiger partial charge in [0, 0.05) is 17.9 Å². The first kappa shape index (κ1) is 12.2. The largest absolute Gasteiger partial charge is 0.480 e.